The van der Waals surface area contributed by atoms with Crippen LogP contribution in [0.25, 0.3) is 0 Å². The van der Waals surface area contributed by atoms with Crippen molar-refractivity contribution in [3.05, 3.63) is 36.4 Å². The second-order valence-corrected chi connectivity index (χ2v) is 7.52. The van der Waals surface area contributed by atoms with Crippen molar-refractivity contribution in [3.8, 4) is 0 Å². The molecule has 0 fully saturated rings. The third-order valence-electron chi connectivity index (χ3n) is 4.10. The summed E-state index contributed by atoms with van der Waals surface area (Å²) < 4.78 is 26.2. The molecule has 0 aliphatic heterocycles. The molecule has 126 valence electrons. The number of nitrogens with zero attached hydrogens (tertiary/aromatic N) is 1. The summed E-state index contributed by atoms with van der Waals surface area (Å²) in [6.45, 7) is 4.50. The number of carbonyl (C=O) groups excluding carboxylic acids is 1. The number of sulfonamides is 1. The van der Waals surface area contributed by atoms with Crippen LogP contribution in [0, 0.1) is 5.92 Å². The maximum atomic E-state index is 12.4. The number of benzene rings is 1. The highest BCUT2D eigenvalue weighted by Gasteiger charge is 2.22. The molecule has 0 bridgehead atoms. The molecule has 0 saturated carbocycles. The van der Waals surface area contributed by atoms with Crippen LogP contribution in [0.2, 0.25) is 0 Å². The van der Waals surface area contributed by atoms with E-state index >= 15 is 0 Å². The fraction of sp³-hybridized carbons (Fsp3) is 0.471. The first-order valence-corrected chi connectivity index (χ1v) is 9.49. The smallest absolute Gasteiger partial charge is 0.243 e. The average Bonchev–Trinajstić information content (AvgIpc) is 2.57. The van der Waals surface area contributed by atoms with Gasteiger partial charge in [0, 0.05) is 24.7 Å². The van der Waals surface area contributed by atoms with Crippen LogP contribution in [0.5, 0.6) is 0 Å². The summed E-state index contributed by atoms with van der Waals surface area (Å²) >= 11 is 0. The largest absolute Gasteiger partial charge is 0.326 e. The predicted octanol–water partition coefficient (Wildman–Crippen LogP) is 3.01. The second kappa shape index (κ2) is 7.75. The fourth-order valence-corrected chi connectivity index (χ4v) is 4.16. The van der Waals surface area contributed by atoms with E-state index in [1.54, 1.807) is 24.3 Å². The maximum Gasteiger partial charge on any atom is 0.243 e. The first-order valence-electron chi connectivity index (χ1n) is 8.05. The molecule has 0 radical (unpaired) electrons. The van der Waals surface area contributed by atoms with E-state index in [1.165, 1.54) is 4.31 Å². The van der Waals surface area contributed by atoms with Gasteiger partial charge < -0.3 is 5.32 Å². The normalized spacial score (nSPS) is 18.1. The van der Waals surface area contributed by atoms with E-state index < -0.39 is 10.0 Å². The van der Waals surface area contributed by atoms with E-state index in [1.807, 2.05) is 19.9 Å². The zero-order chi connectivity index (χ0) is 16.9. The molecule has 1 aliphatic rings. The number of nitrogens with one attached hydrogen (secondary N) is 1. The van der Waals surface area contributed by atoms with Crippen LogP contribution in [0.4, 0.5) is 5.69 Å². The lowest BCUT2D eigenvalue weighted by atomic mass is 9.93. The summed E-state index contributed by atoms with van der Waals surface area (Å²) in [5.74, 6) is -0.00668. The molecular weight excluding hydrogens is 312 g/mol. The lowest BCUT2D eigenvalue weighted by Gasteiger charge is -2.19. The maximum absolute atomic E-state index is 12.4. The molecule has 1 aliphatic carbocycles. The lowest BCUT2D eigenvalue weighted by Crippen LogP contribution is -2.30. The molecule has 0 saturated heterocycles. The molecule has 1 atom stereocenters. The van der Waals surface area contributed by atoms with Crippen molar-refractivity contribution in [2.75, 3.05) is 18.4 Å². The summed E-state index contributed by atoms with van der Waals surface area (Å²) in [7, 11) is -3.46. The third-order valence-corrected chi connectivity index (χ3v) is 6.17. The van der Waals surface area contributed by atoms with Crippen molar-refractivity contribution in [1.82, 2.24) is 4.31 Å². The third kappa shape index (κ3) is 4.20. The Bertz CT molecular complexity index is 662. The predicted molar refractivity (Wildman–Crippen MR) is 91.7 cm³/mol. The van der Waals surface area contributed by atoms with Crippen molar-refractivity contribution in [3.63, 3.8) is 0 Å². The summed E-state index contributed by atoms with van der Waals surface area (Å²) in [6, 6.07) is 6.38. The molecule has 0 unspecified atom stereocenters. The Hall–Kier alpha value is -1.66. The highest BCUT2D eigenvalue weighted by molar-refractivity contribution is 7.89. The number of anilines is 1. The van der Waals surface area contributed by atoms with Gasteiger partial charge in [0.1, 0.15) is 0 Å². The Labute approximate surface area is 138 Å². The van der Waals surface area contributed by atoms with Crippen molar-refractivity contribution < 1.29 is 13.2 Å². The summed E-state index contributed by atoms with van der Waals surface area (Å²) in [5.41, 5.74) is 0.628. The van der Waals surface area contributed by atoms with Gasteiger partial charge in [-0.2, -0.15) is 4.31 Å². The van der Waals surface area contributed by atoms with Gasteiger partial charge in [-0.15, -0.1) is 0 Å². The topological polar surface area (TPSA) is 66.5 Å². The highest BCUT2D eigenvalue weighted by atomic mass is 32.2. The van der Waals surface area contributed by atoms with Crippen LogP contribution in [-0.2, 0) is 14.8 Å². The van der Waals surface area contributed by atoms with Gasteiger partial charge in [0.2, 0.25) is 15.9 Å². The quantitative estimate of drug-likeness (QED) is 0.812. The van der Waals surface area contributed by atoms with Crippen molar-refractivity contribution >= 4 is 21.6 Å². The Kier molecular flexibility index (Phi) is 5.96. The number of hydrogen-bond donors (Lipinski definition) is 1. The molecule has 23 heavy (non-hydrogen) atoms. The first-order chi connectivity index (χ1) is 11.0. The molecule has 1 aromatic rings. The Morgan fingerprint density at radius 2 is 1.83 bits per heavy atom. The Morgan fingerprint density at radius 1 is 1.17 bits per heavy atom. The van der Waals surface area contributed by atoms with Crippen LogP contribution in [-0.4, -0.2) is 31.7 Å². The molecule has 0 heterocycles. The van der Waals surface area contributed by atoms with E-state index in [2.05, 4.69) is 11.4 Å². The van der Waals surface area contributed by atoms with Crippen LogP contribution >= 0.6 is 0 Å². The van der Waals surface area contributed by atoms with Crippen molar-refractivity contribution in [2.45, 2.75) is 38.0 Å². The zero-order valence-corrected chi connectivity index (χ0v) is 14.5. The van der Waals surface area contributed by atoms with Gasteiger partial charge >= 0.3 is 0 Å². The second-order valence-electron chi connectivity index (χ2n) is 5.58. The molecule has 6 heteroatoms. The van der Waals surface area contributed by atoms with Gasteiger partial charge in [0.25, 0.3) is 0 Å². The highest BCUT2D eigenvalue weighted by Crippen LogP contribution is 2.22. The fourth-order valence-electron chi connectivity index (χ4n) is 2.70. The summed E-state index contributed by atoms with van der Waals surface area (Å²) in [6.07, 6.45) is 6.68. The van der Waals surface area contributed by atoms with E-state index in [0.29, 0.717) is 18.8 Å². The van der Waals surface area contributed by atoms with Gasteiger partial charge in [-0.25, -0.2) is 8.42 Å². The number of amides is 1. The van der Waals surface area contributed by atoms with Gasteiger partial charge in [0.05, 0.1) is 4.90 Å². The lowest BCUT2D eigenvalue weighted by molar-refractivity contribution is -0.120. The first kappa shape index (κ1) is 17.7. The Balaban J connectivity index is 2.07. The van der Waals surface area contributed by atoms with Gasteiger partial charge in [0.15, 0.2) is 0 Å². The molecule has 0 spiro atoms. The van der Waals surface area contributed by atoms with Crippen LogP contribution in [0.3, 0.4) is 0 Å². The van der Waals surface area contributed by atoms with E-state index in [0.717, 1.165) is 19.3 Å². The Morgan fingerprint density at radius 3 is 2.35 bits per heavy atom. The van der Waals surface area contributed by atoms with E-state index in [9.17, 15) is 13.2 Å². The van der Waals surface area contributed by atoms with Gasteiger partial charge in [-0.3, -0.25) is 4.79 Å². The van der Waals surface area contributed by atoms with Gasteiger partial charge in [-0.1, -0.05) is 26.0 Å². The number of hydrogen-bond acceptors (Lipinski definition) is 3. The van der Waals surface area contributed by atoms with E-state index in [-0.39, 0.29) is 16.7 Å². The van der Waals surface area contributed by atoms with Crippen molar-refractivity contribution in [2.24, 2.45) is 5.92 Å². The van der Waals surface area contributed by atoms with Crippen LogP contribution in [0.15, 0.2) is 41.3 Å². The molecule has 1 amide bonds. The minimum Gasteiger partial charge on any atom is -0.326 e. The van der Waals surface area contributed by atoms with Crippen LogP contribution in [0.1, 0.15) is 33.1 Å². The minimum atomic E-state index is -3.46. The molecule has 0 aromatic heterocycles. The van der Waals surface area contributed by atoms with Crippen LogP contribution < -0.4 is 5.32 Å². The molecule has 1 aromatic carbocycles. The SMILES string of the molecule is CCN(CC)S(=O)(=O)c1ccc(NC(=O)[C@@H]2CC=CCC2)cc1. The minimum absolute atomic E-state index is 0.000849. The van der Waals surface area contributed by atoms with Gasteiger partial charge in [-0.05, 0) is 43.5 Å². The van der Waals surface area contributed by atoms with Crippen molar-refractivity contribution in [1.29, 1.82) is 0 Å². The van der Waals surface area contributed by atoms with E-state index in [4.69, 9.17) is 0 Å². The summed E-state index contributed by atoms with van der Waals surface area (Å²) in [5, 5.41) is 2.87. The molecular formula is C17H24N2O3S. The number of rotatable bonds is 6. The number of allylic oxidation sites excluding steroid dienone is 2. The average molecular weight is 336 g/mol. The monoisotopic (exact) mass is 336 g/mol. The standard InChI is InChI=1S/C17H24N2O3S/c1-3-19(4-2)23(21,22)16-12-10-15(11-13-16)18-17(20)14-8-6-5-7-9-14/h5-6,10-14H,3-4,7-9H2,1-2H3,(H,18,20)/t14-/m1/s1. The molecule has 1 N–H and O–H groups in total. The molecule has 2 rings (SSSR count). The summed E-state index contributed by atoms with van der Waals surface area (Å²) in [4.78, 5) is 12.4. The zero-order valence-electron chi connectivity index (χ0n) is 13.7. The number of carbonyl (C=O) groups is 1. The molecule has 5 nitrogen and oxygen atoms in total.